The number of benzene rings is 2. The first-order chi connectivity index (χ1) is 9.19. The van der Waals surface area contributed by atoms with E-state index in [-0.39, 0.29) is 6.04 Å². The fourth-order valence-electron chi connectivity index (χ4n) is 1.84. The lowest BCUT2D eigenvalue weighted by Gasteiger charge is -2.09. The number of hydrogen-bond acceptors (Lipinski definition) is 3. The molecule has 19 heavy (non-hydrogen) atoms. The van der Waals surface area contributed by atoms with E-state index in [0.29, 0.717) is 6.61 Å². The number of methoxy groups -OCH3 is 1. The van der Waals surface area contributed by atoms with Crippen LogP contribution in [0.5, 0.6) is 11.5 Å². The molecule has 0 spiro atoms. The van der Waals surface area contributed by atoms with Gasteiger partial charge in [-0.15, -0.1) is 0 Å². The van der Waals surface area contributed by atoms with Gasteiger partial charge in [-0.05, 0) is 42.3 Å². The molecule has 100 valence electrons. The van der Waals surface area contributed by atoms with Crippen LogP contribution in [0.3, 0.4) is 0 Å². The smallest absolute Gasteiger partial charge is 0.127 e. The van der Waals surface area contributed by atoms with Crippen LogP contribution >= 0.6 is 0 Å². The number of nitrogens with two attached hydrogens (primary N) is 1. The van der Waals surface area contributed by atoms with E-state index in [1.807, 2.05) is 55.5 Å². The van der Waals surface area contributed by atoms with Crippen LogP contribution in [0.15, 0.2) is 48.5 Å². The molecule has 0 aliphatic rings. The summed E-state index contributed by atoms with van der Waals surface area (Å²) in [6, 6.07) is 15.7. The number of ether oxygens (including phenoxy) is 2. The highest BCUT2D eigenvalue weighted by Gasteiger charge is 2.02. The lowest BCUT2D eigenvalue weighted by atomic mass is 10.1. The third-order valence-electron chi connectivity index (χ3n) is 2.85. The average molecular weight is 257 g/mol. The largest absolute Gasteiger partial charge is 0.457 e. The Morgan fingerprint density at radius 1 is 1.05 bits per heavy atom. The van der Waals surface area contributed by atoms with Gasteiger partial charge in [0, 0.05) is 13.2 Å². The summed E-state index contributed by atoms with van der Waals surface area (Å²) in [4.78, 5) is 0. The van der Waals surface area contributed by atoms with Crippen LogP contribution in [-0.2, 0) is 11.3 Å². The monoisotopic (exact) mass is 257 g/mol. The highest BCUT2D eigenvalue weighted by Crippen LogP contribution is 2.23. The Morgan fingerprint density at radius 3 is 2.42 bits per heavy atom. The molecule has 2 N–H and O–H groups in total. The molecule has 0 aliphatic heterocycles. The maximum atomic E-state index is 5.81. The molecule has 2 rings (SSSR count). The molecule has 0 bridgehead atoms. The molecule has 0 aliphatic carbocycles. The normalized spacial score (nSPS) is 12.2. The van der Waals surface area contributed by atoms with Crippen LogP contribution in [0.4, 0.5) is 0 Å². The van der Waals surface area contributed by atoms with Gasteiger partial charge in [0.05, 0.1) is 6.61 Å². The molecule has 0 saturated carbocycles. The summed E-state index contributed by atoms with van der Waals surface area (Å²) in [5, 5.41) is 0. The molecular formula is C16H19NO2. The quantitative estimate of drug-likeness (QED) is 0.889. The van der Waals surface area contributed by atoms with Crippen molar-refractivity contribution in [2.24, 2.45) is 5.73 Å². The molecule has 0 heterocycles. The summed E-state index contributed by atoms with van der Waals surface area (Å²) in [6.07, 6.45) is 0. The van der Waals surface area contributed by atoms with Gasteiger partial charge in [-0.1, -0.05) is 24.3 Å². The van der Waals surface area contributed by atoms with E-state index in [0.717, 1.165) is 22.6 Å². The van der Waals surface area contributed by atoms with Crippen LogP contribution in [-0.4, -0.2) is 7.11 Å². The van der Waals surface area contributed by atoms with Crippen molar-refractivity contribution < 1.29 is 9.47 Å². The third kappa shape index (κ3) is 3.81. The summed E-state index contributed by atoms with van der Waals surface area (Å²) in [5.74, 6) is 1.61. The highest BCUT2D eigenvalue weighted by molar-refractivity contribution is 5.35. The fraction of sp³-hybridized carbons (Fsp3) is 0.250. The molecule has 2 aromatic carbocycles. The van der Waals surface area contributed by atoms with Gasteiger partial charge in [-0.25, -0.2) is 0 Å². The topological polar surface area (TPSA) is 44.5 Å². The molecule has 0 aromatic heterocycles. The first-order valence-corrected chi connectivity index (χ1v) is 6.30. The van der Waals surface area contributed by atoms with E-state index in [9.17, 15) is 0 Å². The molecule has 3 nitrogen and oxygen atoms in total. The van der Waals surface area contributed by atoms with Crippen molar-refractivity contribution in [1.29, 1.82) is 0 Å². The number of hydrogen-bond donors (Lipinski definition) is 1. The van der Waals surface area contributed by atoms with E-state index in [1.165, 1.54) is 0 Å². The summed E-state index contributed by atoms with van der Waals surface area (Å²) in [5.41, 5.74) is 8.00. The molecular weight excluding hydrogens is 238 g/mol. The standard InChI is InChI=1S/C16H19NO2/c1-12(17)14-6-8-15(9-7-14)19-16-5-3-4-13(10-16)11-18-2/h3-10,12H,11,17H2,1-2H3. The first-order valence-electron chi connectivity index (χ1n) is 6.30. The Bertz CT molecular complexity index is 521. The Balaban J connectivity index is 2.10. The summed E-state index contributed by atoms with van der Waals surface area (Å²) < 4.78 is 10.9. The van der Waals surface area contributed by atoms with Crippen LogP contribution in [0.2, 0.25) is 0 Å². The molecule has 0 radical (unpaired) electrons. The molecule has 0 amide bonds. The Kier molecular flexibility index (Phi) is 4.55. The number of rotatable bonds is 5. The Hall–Kier alpha value is -1.84. The Labute approximate surface area is 114 Å². The zero-order valence-electron chi connectivity index (χ0n) is 11.3. The van der Waals surface area contributed by atoms with Crippen molar-refractivity contribution in [2.75, 3.05) is 7.11 Å². The second kappa shape index (κ2) is 6.36. The lowest BCUT2D eigenvalue weighted by Crippen LogP contribution is -2.04. The van der Waals surface area contributed by atoms with Crippen molar-refractivity contribution in [3.05, 3.63) is 59.7 Å². The van der Waals surface area contributed by atoms with Crippen molar-refractivity contribution in [3.63, 3.8) is 0 Å². The lowest BCUT2D eigenvalue weighted by molar-refractivity contribution is 0.184. The predicted molar refractivity (Wildman–Crippen MR) is 76.3 cm³/mol. The highest BCUT2D eigenvalue weighted by atomic mass is 16.5. The summed E-state index contributed by atoms with van der Waals surface area (Å²) >= 11 is 0. The first kappa shape index (κ1) is 13.6. The van der Waals surface area contributed by atoms with Gasteiger partial charge in [0.1, 0.15) is 11.5 Å². The SMILES string of the molecule is COCc1cccc(Oc2ccc(C(C)N)cc2)c1. The van der Waals surface area contributed by atoms with E-state index >= 15 is 0 Å². The van der Waals surface area contributed by atoms with Crippen molar-refractivity contribution in [1.82, 2.24) is 0 Å². The van der Waals surface area contributed by atoms with Gasteiger partial charge in [0.2, 0.25) is 0 Å². The molecule has 0 saturated heterocycles. The molecule has 1 atom stereocenters. The zero-order valence-corrected chi connectivity index (χ0v) is 11.3. The average Bonchev–Trinajstić information content (AvgIpc) is 2.40. The van der Waals surface area contributed by atoms with Crippen molar-refractivity contribution in [2.45, 2.75) is 19.6 Å². The second-order valence-corrected chi connectivity index (χ2v) is 4.54. The van der Waals surface area contributed by atoms with Crippen LogP contribution < -0.4 is 10.5 Å². The van der Waals surface area contributed by atoms with Crippen LogP contribution in [0.1, 0.15) is 24.1 Å². The molecule has 3 heteroatoms. The maximum absolute atomic E-state index is 5.81. The van der Waals surface area contributed by atoms with E-state index in [1.54, 1.807) is 7.11 Å². The fourth-order valence-corrected chi connectivity index (χ4v) is 1.84. The summed E-state index contributed by atoms with van der Waals surface area (Å²) in [7, 11) is 1.68. The van der Waals surface area contributed by atoms with Crippen molar-refractivity contribution in [3.8, 4) is 11.5 Å². The molecule has 1 unspecified atom stereocenters. The summed E-state index contributed by atoms with van der Waals surface area (Å²) in [6.45, 7) is 2.55. The minimum atomic E-state index is 0.0408. The second-order valence-electron chi connectivity index (χ2n) is 4.54. The van der Waals surface area contributed by atoms with Gasteiger partial charge < -0.3 is 15.2 Å². The maximum Gasteiger partial charge on any atom is 0.127 e. The molecule has 0 fully saturated rings. The van der Waals surface area contributed by atoms with E-state index in [4.69, 9.17) is 15.2 Å². The van der Waals surface area contributed by atoms with Crippen LogP contribution in [0.25, 0.3) is 0 Å². The van der Waals surface area contributed by atoms with Gasteiger partial charge in [0.25, 0.3) is 0 Å². The minimum Gasteiger partial charge on any atom is -0.457 e. The van der Waals surface area contributed by atoms with E-state index < -0.39 is 0 Å². The predicted octanol–water partition coefficient (Wildman–Crippen LogP) is 3.65. The van der Waals surface area contributed by atoms with Gasteiger partial charge >= 0.3 is 0 Å². The zero-order chi connectivity index (χ0) is 13.7. The van der Waals surface area contributed by atoms with E-state index in [2.05, 4.69) is 0 Å². The van der Waals surface area contributed by atoms with Crippen molar-refractivity contribution >= 4 is 0 Å². The third-order valence-corrected chi connectivity index (χ3v) is 2.85. The molecule has 2 aromatic rings. The Morgan fingerprint density at radius 2 is 1.79 bits per heavy atom. The van der Waals surface area contributed by atoms with Gasteiger partial charge in [0.15, 0.2) is 0 Å². The minimum absolute atomic E-state index is 0.0408. The van der Waals surface area contributed by atoms with Crippen LogP contribution in [0, 0.1) is 0 Å². The van der Waals surface area contributed by atoms with Gasteiger partial charge in [-0.2, -0.15) is 0 Å². The van der Waals surface area contributed by atoms with Gasteiger partial charge in [-0.3, -0.25) is 0 Å².